The normalized spacial score (nSPS) is 17.3. The Balaban J connectivity index is 1.99. The van der Waals surface area contributed by atoms with Gasteiger partial charge < -0.3 is 5.73 Å². The van der Waals surface area contributed by atoms with Crippen molar-refractivity contribution in [2.45, 2.75) is 44.8 Å². The van der Waals surface area contributed by atoms with Crippen molar-refractivity contribution in [3.8, 4) is 0 Å². The molecule has 0 spiro atoms. The first-order valence-electron chi connectivity index (χ1n) is 6.10. The van der Waals surface area contributed by atoms with Gasteiger partial charge in [-0.2, -0.15) is 4.89 Å². The summed E-state index contributed by atoms with van der Waals surface area (Å²) in [6.07, 6.45) is 2.01. The van der Waals surface area contributed by atoms with Crippen LogP contribution in [-0.4, -0.2) is 11.6 Å². The topological polar surface area (TPSA) is 61.5 Å². The summed E-state index contributed by atoms with van der Waals surface area (Å²) in [5.41, 5.74) is 6.91. The SMILES string of the molecule is CC(C)(C)OOC(=O)c1ccc(C2(N)CC2)cc1. The van der Waals surface area contributed by atoms with Crippen LogP contribution in [-0.2, 0) is 15.3 Å². The molecule has 0 amide bonds. The molecule has 0 saturated heterocycles. The first-order valence-corrected chi connectivity index (χ1v) is 6.10. The Bertz CT molecular complexity index is 441. The zero-order valence-corrected chi connectivity index (χ0v) is 11.0. The molecule has 98 valence electrons. The standard InChI is InChI=1S/C14H19NO3/c1-13(2,3)18-17-12(16)10-4-6-11(7-5-10)14(15)8-9-14/h4-7H,8-9,15H2,1-3H3. The van der Waals surface area contributed by atoms with E-state index < -0.39 is 11.6 Å². The Kier molecular flexibility index (Phi) is 3.17. The van der Waals surface area contributed by atoms with Gasteiger partial charge in [-0.3, -0.25) is 4.89 Å². The van der Waals surface area contributed by atoms with Crippen molar-refractivity contribution >= 4 is 5.97 Å². The molecule has 4 nitrogen and oxygen atoms in total. The quantitative estimate of drug-likeness (QED) is 0.660. The molecule has 4 heteroatoms. The summed E-state index contributed by atoms with van der Waals surface area (Å²) in [6.45, 7) is 5.44. The maximum absolute atomic E-state index is 11.7. The number of carbonyl (C=O) groups is 1. The lowest BCUT2D eigenvalue weighted by molar-refractivity contribution is -0.301. The number of rotatable bonds is 3. The van der Waals surface area contributed by atoms with Crippen LogP contribution in [0.3, 0.4) is 0 Å². The van der Waals surface area contributed by atoms with Crippen molar-refractivity contribution in [2.24, 2.45) is 5.73 Å². The minimum absolute atomic E-state index is 0.176. The first kappa shape index (κ1) is 13.1. The Morgan fingerprint density at radius 3 is 2.22 bits per heavy atom. The predicted molar refractivity (Wildman–Crippen MR) is 67.8 cm³/mol. The lowest BCUT2D eigenvalue weighted by atomic mass is 10.0. The van der Waals surface area contributed by atoms with E-state index in [1.165, 1.54) is 0 Å². The molecule has 0 bridgehead atoms. The number of hydrogen-bond donors (Lipinski definition) is 1. The summed E-state index contributed by atoms with van der Waals surface area (Å²) in [4.78, 5) is 21.4. The van der Waals surface area contributed by atoms with Gasteiger partial charge in [0.05, 0.1) is 5.56 Å². The van der Waals surface area contributed by atoms with Crippen LogP contribution >= 0.6 is 0 Å². The van der Waals surface area contributed by atoms with Gasteiger partial charge in [-0.25, -0.2) is 4.79 Å². The van der Waals surface area contributed by atoms with Crippen molar-refractivity contribution < 1.29 is 14.6 Å². The summed E-state index contributed by atoms with van der Waals surface area (Å²) < 4.78 is 0. The first-order chi connectivity index (χ1) is 8.30. The fraction of sp³-hybridized carbons (Fsp3) is 0.500. The largest absolute Gasteiger partial charge is 0.373 e. The highest BCUT2D eigenvalue weighted by atomic mass is 17.2. The summed E-state index contributed by atoms with van der Waals surface area (Å²) in [5, 5.41) is 0. The van der Waals surface area contributed by atoms with Crippen LogP contribution in [0.1, 0.15) is 49.5 Å². The van der Waals surface area contributed by atoms with Gasteiger partial charge in [-0.1, -0.05) is 12.1 Å². The third-order valence-corrected chi connectivity index (χ3v) is 2.85. The maximum Gasteiger partial charge on any atom is 0.373 e. The average molecular weight is 249 g/mol. The van der Waals surface area contributed by atoms with Gasteiger partial charge in [-0.05, 0) is 51.3 Å². The van der Waals surface area contributed by atoms with Gasteiger partial charge in [-0.15, -0.1) is 0 Å². The van der Waals surface area contributed by atoms with E-state index in [1.54, 1.807) is 12.1 Å². The molecular formula is C14H19NO3. The lowest BCUT2D eigenvalue weighted by Gasteiger charge is -2.16. The van der Waals surface area contributed by atoms with E-state index in [4.69, 9.17) is 15.5 Å². The highest BCUT2D eigenvalue weighted by Crippen LogP contribution is 2.42. The molecule has 2 N–H and O–H groups in total. The average Bonchev–Trinajstić information content (AvgIpc) is 3.05. The number of benzene rings is 1. The smallest absolute Gasteiger partial charge is 0.321 e. The summed E-state index contributed by atoms with van der Waals surface area (Å²) >= 11 is 0. The molecule has 1 saturated carbocycles. The van der Waals surface area contributed by atoms with E-state index >= 15 is 0 Å². The summed E-state index contributed by atoms with van der Waals surface area (Å²) in [6, 6.07) is 7.19. The van der Waals surface area contributed by atoms with Gasteiger partial charge in [0.1, 0.15) is 5.60 Å². The Morgan fingerprint density at radius 2 is 1.78 bits per heavy atom. The van der Waals surface area contributed by atoms with Crippen molar-refractivity contribution in [1.82, 2.24) is 0 Å². The molecule has 0 unspecified atom stereocenters. The highest BCUT2D eigenvalue weighted by molar-refractivity contribution is 5.89. The number of carbonyl (C=O) groups excluding carboxylic acids is 1. The third kappa shape index (κ3) is 3.09. The molecule has 0 atom stereocenters. The van der Waals surface area contributed by atoms with Gasteiger partial charge in [0.25, 0.3) is 0 Å². The van der Waals surface area contributed by atoms with Crippen molar-refractivity contribution in [3.05, 3.63) is 35.4 Å². The van der Waals surface area contributed by atoms with Gasteiger partial charge in [0.15, 0.2) is 0 Å². The second-order valence-corrected chi connectivity index (χ2v) is 5.80. The molecule has 1 aromatic carbocycles. The predicted octanol–water partition coefficient (Wildman–Crippen LogP) is 2.52. The van der Waals surface area contributed by atoms with Gasteiger partial charge in [0.2, 0.25) is 0 Å². The molecule has 0 aliphatic heterocycles. The van der Waals surface area contributed by atoms with Crippen LogP contribution in [0.2, 0.25) is 0 Å². The molecule has 0 heterocycles. The zero-order chi connectivity index (χ0) is 13.4. The second-order valence-electron chi connectivity index (χ2n) is 5.80. The second kappa shape index (κ2) is 4.37. The molecule has 1 aromatic rings. The summed E-state index contributed by atoms with van der Waals surface area (Å²) in [5.74, 6) is -0.488. The van der Waals surface area contributed by atoms with Crippen LogP contribution in [0.15, 0.2) is 24.3 Å². The molecule has 1 aliphatic carbocycles. The maximum atomic E-state index is 11.7. The monoisotopic (exact) mass is 249 g/mol. The van der Waals surface area contributed by atoms with Crippen LogP contribution in [0.4, 0.5) is 0 Å². The highest BCUT2D eigenvalue weighted by Gasteiger charge is 2.39. The number of hydrogen-bond acceptors (Lipinski definition) is 4. The Morgan fingerprint density at radius 1 is 1.22 bits per heavy atom. The molecule has 2 rings (SSSR count). The van der Waals surface area contributed by atoms with Crippen molar-refractivity contribution in [1.29, 1.82) is 0 Å². The van der Waals surface area contributed by atoms with E-state index in [1.807, 2.05) is 32.9 Å². The van der Waals surface area contributed by atoms with Crippen molar-refractivity contribution in [2.75, 3.05) is 0 Å². The molecule has 18 heavy (non-hydrogen) atoms. The zero-order valence-electron chi connectivity index (χ0n) is 11.0. The molecule has 0 radical (unpaired) electrons. The minimum atomic E-state index is -0.509. The van der Waals surface area contributed by atoms with Crippen LogP contribution in [0.5, 0.6) is 0 Å². The van der Waals surface area contributed by atoms with E-state index in [-0.39, 0.29) is 5.54 Å². The molecule has 1 fully saturated rings. The van der Waals surface area contributed by atoms with Gasteiger partial charge >= 0.3 is 5.97 Å². The summed E-state index contributed by atoms with van der Waals surface area (Å²) in [7, 11) is 0. The van der Waals surface area contributed by atoms with Gasteiger partial charge in [0, 0.05) is 5.54 Å². The van der Waals surface area contributed by atoms with Crippen LogP contribution < -0.4 is 5.73 Å². The Hall–Kier alpha value is -1.39. The minimum Gasteiger partial charge on any atom is -0.321 e. The van der Waals surface area contributed by atoms with E-state index in [0.717, 1.165) is 18.4 Å². The van der Waals surface area contributed by atoms with E-state index in [2.05, 4.69) is 0 Å². The van der Waals surface area contributed by atoms with E-state index in [0.29, 0.717) is 5.56 Å². The molecular weight excluding hydrogens is 230 g/mol. The third-order valence-electron chi connectivity index (χ3n) is 2.85. The van der Waals surface area contributed by atoms with Crippen LogP contribution in [0, 0.1) is 0 Å². The molecule has 1 aliphatic rings. The fourth-order valence-corrected chi connectivity index (χ4v) is 1.57. The fourth-order valence-electron chi connectivity index (χ4n) is 1.57. The number of nitrogens with two attached hydrogens (primary N) is 1. The van der Waals surface area contributed by atoms with Crippen molar-refractivity contribution in [3.63, 3.8) is 0 Å². The lowest BCUT2D eigenvalue weighted by Crippen LogP contribution is -2.22. The van der Waals surface area contributed by atoms with Crippen LogP contribution in [0.25, 0.3) is 0 Å². The van der Waals surface area contributed by atoms with E-state index in [9.17, 15) is 4.79 Å². The Labute approximate surface area is 107 Å². The molecule has 0 aromatic heterocycles.